The topological polar surface area (TPSA) is 47.0 Å². The van der Waals surface area contributed by atoms with Crippen molar-refractivity contribution < 1.29 is 22.2 Å². The Hall–Kier alpha value is -1.24. The van der Waals surface area contributed by atoms with Crippen LogP contribution in [0.3, 0.4) is 0 Å². The van der Waals surface area contributed by atoms with Crippen LogP contribution >= 0.6 is 0 Å². The number of nitrogens with zero attached hydrogens (tertiary/aromatic N) is 1. The second-order valence-electron chi connectivity index (χ2n) is 2.86. The van der Waals surface area contributed by atoms with E-state index >= 15 is 0 Å². The van der Waals surface area contributed by atoms with Crippen molar-refractivity contribution in [2.24, 2.45) is 0 Å². The molecule has 1 atom stereocenters. The van der Waals surface area contributed by atoms with Crippen LogP contribution in [0, 0.1) is 0 Å². The molecule has 16 heavy (non-hydrogen) atoms. The normalized spacial score (nSPS) is 13.5. The third-order valence-corrected chi connectivity index (χ3v) is 3.17. The van der Waals surface area contributed by atoms with E-state index in [0.29, 0.717) is 18.5 Å². The number of carbonyl (C=O) groups is 1. The summed E-state index contributed by atoms with van der Waals surface area (Å²) < 4.78 is 48.4. The number of carbonyl (C=O) groups excluding carboxylic acids is 1. The first-order chi connectivity index (χ1) is 7.40. The van der Waals surface area contributed by atoms with Gasteiger partial charge in [-0.05, 0) is 6.07 Å². The molecule has 0 aliphatic heterocycles. The first-order valence-electron chi connectivity index (χ1n) is 4.31. The maximum Gasteiger partial charge on any atom is 0.417 e. The SMILES string of the molecule is CCS(=O)c1cc(C(F)(F)F)cnc1C=O. The number of rotatable bonds is 3. The van der Waals surface area contributed by atoms with Crippen LogP contribution in [0.25, 0.3) is 0 Å². The van der Waals surface area contributed by atoms with Crippen molar-refractivity contribution in [3.8, 4) is 0 Å². The highest BCUT2D eigenvalue weighted by atomic mass is 32.2. The molecule has 1 aromatic rings. The predicted molar refractivity (Wildman–Crippen MR) is 51.6 cm³/mol. The Morgan fingerprint density at radius 2 is 2.12 bits per heavy atom. The number of pyridine rings is 1. The minimum Gasteiger partial charge on any atom is -0.296 e. The van der Waals surface area contributed by atoms with E-state index in [0.717, 1.165) is 0 Å². The third kappa shape index (κ3) is 2.66. The summed E-state index contributed by atoms with van der Waals surface area (Å²) in [6.45, 7) is 1.55. The fraction of sp³-hybridized carbons (Fsp3) is 0.333. The lowest BCUT2D eigenvalue weighted by Gasteiger charge is -2.08. The molecule has 0 N–H and O–H groups in total. The quantitative estimate of drug-likeness (QED) is 0.772. The van der Waals surface area contributed by atoms with Crippen molar-refractivity contribution in [3.63, 3.8) is 0 Å². The minimum absolute atomic E-state index is 0.129. The standard InChI is InChI=1S/C9H8F3NO2S/c1-2-16(15)8-3-6(9(10,11)12)4-13-7(8)5-14/h3-5H,2H2,1H3. The van der Waals surface area contributed by atoms with Gasteiger partial charge in [0.1, 0.15) is 5.69 Å². The monoisotopic (exact) mass is 251 g/mol. The summed E-state index contributed by atoms with van der Waals surface area (Å²) in [6.07, 6.45) is -3.70. The first kappa shape index (κ1) is 12.8. The smallest absolute Gasteiger partial charge is 0.296 e. The Bertz CT molecular complexity index is 431. The van der Waals surface area contributed by atoms with E-state index in [9.17, 15) is 22.2 Å². The predicted octanol–water partition coefficient (Wildman–Crippen LogP) is 2.04. The Labute approximate surface area is 92.1 Å². The minimum atomic E-state index is -4.55. The number of aromatic nitrogens is 1. The van der Waals surface area contributed by atoms with E-state index in [-0.39, 0.29) is 16.3 Å². The fourth-order valence-electron chi connectivity index (χ4n) is 1.04. The zero-order valence-electron chi connectivity index (χ0n) is 8.25. The molecular weight excluding hydrogens is 243 g/mol. The fourth-order valence-corrected chi connectivity index (χ4v) is 1.94. The van der Waals surface area contributed by atoms with Gasteiger partial charge in [0.25, 0.3) is 0 Å². The van der Waals surface area contributed by atoms with E-state index in [2.05, 4.69) is 4.98 Å². The van der Waals surface area contributed by atoms with Crippen LogP contribution in [0.15, 0.2) is 17.2 Å². The highest BCUT2D eigenvalue weighted by Gasteiger charge is 2.32. The first-order valence-corrected chi connectivity index (χ1v) is 5.62. The van der Waals surface area contributed by atoms with E-state index in [1.54, 1.807) is 6.92 Å². The molecule has 1 heterocycles. The number of halogens is 3. The Morgan fingerprint density at radius 3 is 2.56 bits per heavy atom. The molecule has 88 valence electrons. The van der Waals surface area contributed by atoms with Crippen LogP contribution in [0.5, 0.6) is 0 Å². The molecule has 0 aliphatic rings. The van der Waals surface area contributed by atoms with Gasteiger partial charge in [0, 0.05) is 11.9 Å². The Balaban J connectivity index is 3.32. The van der Waals surface area contributed by atoms with E-state index < -0.39 is 22.5 Å². The van der Waals surface area contributed by atoms with Gasteiger partial charge in [0.2, 0.25) is 0 Å². The molecule has 0 saturated heterocycles. The average molecular weight is 251 g/mol. The van der Waals surface area contributed by atoms with Crippen LogP contribution in [0.1, 0.15) is 23.0 Å². The summed E-state index contributed by atoms with van der Waals surface area (Å²) in [7, 11) is -1.64. The lowest BCUT2D eigenvalue weighted by Crippen LogP contribution is -2.10. The van der Waals surface area contributed by atoms with Gasteiger partial charge in [-0.3, -0.25) is 14.0 Å². The van der Waals surface area contributed by atoms with Crippen molar-refractivity contribution in [1.29, 1.82) is 0 Å². The summed E-state index contributed by atoms with van der Waals surface area (Å²) in [6, 6.07) is 0.705. The van der Waals surface area contributed by atoms with Crippen LogP contribution in [-0.2, 0) is 17.0 Å². The maximum absolute atomic E-state index is 12.3. The molecule has 7 heteroatoms. The summed E-state index contributed by atoms with van der Waals surface area (Å²) in [5, 5.41) is 0. The number of hydrogen-bond acceptors (Lipinski definition) is 3. The molecule has 0 radical (unpaired) electrons. The highest BCUT2D eigenvalue weighted by molar-refractivity contribution is 7.85. The second-order valence-corrected chi connectivity index (χ2v) is 4.57. The van der Waals surface area contributed by atoms with Gasteiger partial charge < -0.3 is 0 Å². The summed E-state index contributed by atoms with van der Waals surface area (Å²) in [5.74, 6) is 0.129. The summed E-state index contributed by atoms with van der Waals surface area (Å²) in [4.78, 5) is 13.7. The van der Waals surface area contributed by atoms with Crippen LogP contribution in [0.2, 0.25) is 0 Å². The van der Waals surface area contributed by atoms with Crippen molar-refractivity contribution in [1.82, 2.24) is 4.98 Å². The molecule has 1 aromatic heterocycles. The van der Waals surface area contributed by atoms with Gasteiger partial charge in [-0.2, -0.15) is 13.2 Å². The van der Waals surface area contributed by atoms with E-state index in [4.69, 9.17) is 0 Å². The molecule has 1 rings (SSSR count). The van der Waals surface area contributed by atoms with Gasteiger partial charge in [0.05, 0.1) is 21.3 Å². The van der Waals surface area contributed by atoms with Crippen molar-refractivity contribution >= 4 is 17.1 Å². The van der Waals surface area contributed by atoms with Gasteiger partial charge in [-0.25, -0.2) is 0 Å². The molecule has 0 amide bonds. The van der Waals surface area contributed by atoms with Gasteiger partial charge >= 0.3 is 6.18 Å². The van der Waals surface area contributed by atoms with Crippen LogP contribution in [0.4, 0.5) is 13.2 Å². The van der Waals surface area contributed by atoms with Gasteiger partial charge in [0.15, 0.2) is 6.29 Å². The lowest BCUT2D eigenvalue weighted by atomic mass is 10.2. The molecule has 0 spiro atoms. The molecular formula is C9H8F3NO2S. The number of aldehydes is 1. The van der Waals surface area contributed by atoms with Crippen LogP contribution in [-0.4, -0.2) is 21.2 Å². The van der Waals surface area contributed by atoms with Crippen molar-refractivity contribution in [3.05, 3.63) is 23.5 Å². The van der Waals surface area contributed by atoms with Gasteiger partial charge in [-0.15, -0.1) is 0 Å². The van der Waals surface area contributed by atoms with E-state index in [1.165, 1.54) is 0 Å². The Morgan fingerprint density at radius 1 is 1.50 bits per heavy atom. The zero-order valence-corrected chi connectivity index (χ0v) is 9.06. The largest absolute Gasteiger partial charge is 0.417 e. The number of alkyl halides is 3. The summed E-state index contributed by atoms with van der Waals surface area (Å²) >= 11 is 0. The second kappa shape index (κ2) is 4.73. The molecule has 3 nitrogen and oxygen atoms in total. The molecule has 0 aromatic carbocycles. The van der Waals surface area contributed by atoms with Gasteiger partial charge in [-0.1, -0.05) is 6.92 Å². The molecule has 0 saturated carbocycles. The Kier molecular flexibility index (Phi) is 3.79. The zero-order chi connectivity index (χ0) is 12.3. The molecule has 0 bridgehead atoms. The van der Waals surface area contributed by atoms with Crippen molar-refractivity contribution in [2.75, 3.05) is 5.75 Å². The average Bonchev–Trinajstić information content (AvgIpc) is 2.25. The molecule has 1 unspecified atom stereocenters. The summed E-state index contributed by atoms with van der Waals surface area (Å²) in [5.41, 5.74) is -1.22. The maximum atomic E-state index is 12.3. The third-order valence-electron chi connectivity index (χ3n) is 1.83. The van der Waals surface area contributed by atoms with Crippen molar-refractivity contribution in [2.45, 2.75) is 18.0 Å². The molecule has 0 aliphatic carbocycles. The highest BCUT2D eigenvalue weighted by Crippen LogP contribution is 2.30. The van der Waals surface area contributed by atoms with E-state index in [1.807, 2.05) is 0 Å². The molecule has 0 fully saturated rings. The lowest BCUT2D eigenvalue weighted by molar-refractivity contribution is -0.138. The van der Waals surface area contributed by atoms with Crippen LogP contribution < -0.4 is 0 Å². The number of hydrogen-bond donors (Lipinski definition) is 0.